The Balaban J connectivity index is 2.00. The number of para-hydroxylation sites is 1. The van der Waals surface area contributed by atoms with Gasteiger partial charge in [-0.1, -0.05) is 12.1 Å². The Hall–Kier alpha value is -2.82. The third-order valence-corrected chi connectivity index (χ3v) is 2.77. The van der Waals surface area contributed by atoms with Crippen molar-refractivity contribution < 1.29 is 10.2 Å². The summed E-state index contributed by atoms with van der Waals surface area (Å²) in [5.41, 5.74) is 1.38. The van der Waals surface area contributed by atoms with E-state index in [0.29, 0.717) is 17.2 Å². The molecule has 0 unspecified atom stereocenters. The topological polar surface area (TPSA) is 82.0 Å². The maximum Gasteiger partial charge on any atom is 0.181 e. The molecule has 0 bridgehead atoms. The lowest BCUT2D eigenvalue weighted by molar-refractivity contribution is 0.475. The molecule has 0 atom stereocenters. The van der Waals surface area contributed by atoms with Crippen molar-refractivity contribution in [1.82, 2.24) is 15.2 Å². The summed E-state index contributed by atoms with van der Waals surface area (Å²) in [6, 6.07) is 13.5. The number of rotatable bonds is 2. The molecule has 0 fully saturated rings. The Labute approximate surface area is 109 Å². The van der Waals surface area contributed by atoms with E-state index in [1.165, 1.54) is 0 Å². The minimum atomic E-state index is 0.149. The number of benzene rings is 2. The lowest BCUT2D eigenvalue weighted by Gasteiger charge is -1.98. The third-order valence-electron chi connectivity index (χ3n) is 2.77. The fraction of sp³-hybridized carbons (Fsp3) is 0. The fourth-order valence-corrected chi connectivity index (χ4v) is 1.80. The average Bonchev–Trinajstić information content (AvgIpc) is 2.89. The van der Waals surface area contributed by atoms with Crippen LogP contribution in [0.25, 0.3) is 22.8 Å². The van der Waals surface area contributed by atoms with Crippen LogP contribution in [0.2, 0.25) is 0 Å². The van der Waals surface area contributed by atoms with Crippen LogP contribution in [0.3, 0.4) is 0 Å². The molecule has 3 N–H and O–H groups in total. The van der Waals surface area contributed by atoms with Crippen molar-refractivity contribution in [2.24, 2.45) is 0 Å². The zero-order valence-corrected chi connectivity index (χ0v) is 9.91. The fourth-order valence-electron chi connectivity index (χ4n) is 1.80. The van der Waals surface area contributed by atoms with Crippen LogP contribution in [0.1, 0.15) is 0 Å². The smallest absolute Gasteiger partial charge is 0.181 e. The molecular formula is C14H11N3O2. The highest BCUT2D eigenvalue weighted by atomic mass is 16.3. The summed E-state index contributed by atoms with van der Waals surface area (Å²) in [6.07, 6.45) is 0. The van der Waals surface area contributed by atoms with Crippen molar-refractivity contribution in [1.29, 1.82) is 0 Å². The Bertz CT molecular complexity index is 705. The molecule has 2 aromatic carbocycles. The number of aromatic amines is 1. The Kier molecular flexibility index (Phi) is 2.64. The Morgan fingerprint density at radius 1 is 0.895 bits per heavy atom. The van der Waals surface area contributed by atoms with E-state index < -0.39 is 0 Å². The molecule has 3 aromatic rings. The number of H-pyrrole nitrogens is 1. The van der Waals surface area contributed by atoms with Gasteiger partial charge in [0.15, 0.2) is 11.6 Å². The van der Waals surface area contributed by atoms with Crippen LogP contribution in [0.5, 0.6) is 11.5 Å². The molecule has 0 aliphatic rings. The van der Waals surface area contributed by atoms with Crippen LogP contribution < -0.4 is 0 Å². The molecule has 0 spiro atoms. The maximum absolute atomic E-state index is 9.76. The number of hydrogen-bond donors (Lipinski definition) is 3. The molecule has 0 radical (unpaired) electrons. The monoisotopic (exact) mass is 253 g/mol. The van der Waals surface area contributed by atoms with Gasteiger partial charge in [-0.2, -0.15) is 5.10 Å². The highest BCUT2D eigenvalue weighted by Crippen LogP contribution is 2.27. The van der Waals surface area contributed by atoms with Gasteiger partial charge in [-0.05, 0) is 36.4 Å². The normalized spacial score (nSPS) is 10.5. The molecule has 0 aliphatic heterocycles. The summed E-state index contributed by atoms with van der Waals surface area (Å²) in [7, 11) is 0. The zero-order valence-electron chi connectivity index (χ0n) is 9.91. The predicted octanol–water partition coefficient (Wildman–Crippen LogP) is 2.55. The van der Waals surface area contributed by atoms with E-state index in [9.17, 15) is 10.2 Å². The molecule has 0 saturated carbocycles. The summed E-state index contributed by atoms with van der Waals surface area (Å²) in [6.45, 7) is 0. The first-order valence-corrected chi connectivity index (χ1v) is 5.74. The van der Waals surface area contributed by atoms with E-state index in [-0.39, 0.29) is 11.5 Å². The summed E-state index contributed by atoms with van der Waals surface area (Å²) >= 11 is 0. The van der Waals surface area contributed by atoms with E-state index in [2.05, 4.69) is 15.2 Å². The molecule has 1 heterocycles. The van der Waals surface area contributed by atoms with Crippen molar-refractivity contribution in [3.05, 3.63) is 48.5 Å². The Morgan fingerprint density at radius 2 is 1.63 bits per heavy atom. The number of hydrogen-bond acceptors (Lipinski definition) is 4. The minimum Gasteiger partial charge on any atom is -0.508 e. The van der Waals surface area contributed by atoms with Gasteiger partial charge in [0.25, 0.3) is 0 Å². The molecule has 1 aromatic heterocycles. The summed E-state index contributed by atoms with van der Waals surface area (Å²) in [4.78, 5) is 4.33. The highest BCUT2D eigenvalue weighted by Gasteiger charge is 2.10. The van der Waals surface area contributed by atoms with Gasteiger partial charge in [0.05, 0.1) is 5.56 Å². The maximum atomic E-state index is 9.76. The first-order chi connectivity index (χ1) is 9.24. The van der Waals surface area contributed by atoms with Crippen molar-refractivity contribution >= 4 is 0 Å². The largest absolute Gasteiger partial charge is 0.508 e. The van der Waals surface area contributed by atoms with E-state index in [4.69, 9.17) is 0 Å². The molecule has 94 valence electrons. The highest BCUT2D eigenvalue weighted by molar-refractivity contribution is 5.66. The van der Waals surface area contributed by atoms with Gasteiger partial charge in [-0.15, -0.1) is 0 Å². The number of nitrogens with one attached hydrogen (secondary N) is 1. The number of aromatic nitrogens is 3. The second kappa shape index (κ2) is 4.45. The van der Waals surface area contributed by atoms with Crippen LogP contribution in [-0.4, -0.2) is 25.4 Å². The molecule has 0 amide bonds. The van der Waals surface area contributed by atoms with Gasteiger partial charge in [-0.3, -0.25) is 5.10 Å². The van der Waals surface area contributed by atoms with E-state index in [1.54, 1.807) is 42.5 Å². The summed E-state index contributed by atoms with van der Waals surface area (Å²) in [5.74, 6) is 1.36. The standard InChI is InChI=1S/C14H11N3O2/c18-10-7-5-9(6-8-10)13-15-14(17-16-13)11-3-1-2-4-12(11)19/h1-8,18-19H,(H,15,16,17). The van der Waals surface area contributed by atoms with Crippen LogP contribution >= 0.6 is 0 Å². The predicted molar refractivity (Wildman–Crippen MR) is 70.6 cm³/mol. The van der Waals surface area contributed by atoms with E-state index in [0.717, 1.165) is 5.56 Å². The van der Waals surface area contributed by atoms with Gasteiger partial charge in [-0.25, -0.2) is 4.98 Å². The van der Waals surface area contributed by atoms with Gasteiger partial charge in [0.2, 0.25) is 0 Å². The van der Waals surface area contributed by atoms with Crippen LogP contribution in [-0.2, 0) is 0 Å². The van der Waals surface area contributed by atoms with Crippen molar-refractivity contribution in [3.8, 4) is 34.3 Å². The van der Waals surface area contributed by atoms with Gasteiger partial charge >= 0.3 is 0 Å². The molecule has 5 nitrogen and oxygen atoms in total. The molecule has 3 rings (SSSR count). The van der Waals surface area contributed by atoms with E-state index >= 15 is 0 Å². The van der Waals surface area contributed by atoms with E-state index in [1.807, 2.05) is 6.07 Å². The number of phenols is 2. The molecule has 0 saturated heterocycles. The van der Waals surface area contributed by atoms with Gasteiger partial charge in [0.1, 0.15) is 11.5 Å². The first kappa shape index (κ1) is 11.3. The Morgan fingerprint density at radius 3 is 2.37 bits per heavy atom. The van der Waals surface area contributed by atoms with Crippen molar-refractivity contribution in [2.45, 2.75) is 0 Å². The zero-order chi connectivity index (χ0) is 13.2. The van der Waals surface area contributed by atoms with Crippen molar-refractivity contribution in [2.75, 3.05) is 0 Å². The SMILES string of the molecule is Oc1ccc(-c2n[nH]c(-c3ccccc3O)n2)cc1. The summed E-state index contributed by atoms with van der Waals surface area (Å²) in [5, 5.41) is 25.9. The molecule has 19 heavy (non-hydrogen) atoms. The number of phenolic OH excluding ortho intramolecular Hbond substituents is 2. The quantitative estimate of drug-likeness (QED) is 0.655. The lowest BCUT2D eigenvalue weighted by Crippen LogP contribution is -1.82. The second-order valence-corrected chi connectivity index (χ2v) is 4.07. The minimum absolute atomic E-state index is 0.149. The molecular weight excluding hydrogens is 242 g/mol. The second-order valence-electron chi connectivity index (χ2n) is 4.07. The van der Waals surface area contributed by atoms with Crippen LogP contribution in [0, 0.1) is 0 Å². The van der Waals surface area contributed by atoms with Crippen LogP contribution in [0.4, 0.5) is 0 Å². The number of aromatic hydroxyl groups is 2. The van der Waals surface area contributed by atoms with Gasteiger partial charge in [0, 0.05) is 5.56 Å². The first-order valence-electron chi connectivity index (χ1n) is 5.74. The van der Waals surface area contributed by atoms with Gasteiger partial charge < -0.3 is 10.2 Å². The lowest BCUT2D eigenvalue weighted by atomic mass is 10.2. The molecule has 0 aliphatic carbocycles. The third kappa shape index (κ3) is 2.13. The molecule has 5 heteroatoms. The van der Waals surface area contributed by atoms with Crippen molar-refractivity contribution in [3.63, 3.8) is 0 Å². The number of nitrogens with zero attached hydrogens (tertiary/aromatic N) is 2. The van der Waals surface area contributed by atoms with Crippen LogP contribution in [0.15, 0.2) is 48.5 Å². The average molecular weight is 253 g/mol. The summed E-state index contributed by atoms with van der Waals surface area (Å²) < 4.78 is 0.